The Balaban J connectivity index is 3.49. The first-order valence-electron chi connectivity index (χ1n) is 5.22. The van der Waals surface area contributed by atoms with Crippen LogP contribution in [0.5, 0.6) is 17.2 Å². The first-order valence-corrected chi connectivity index (χ1v) is 5.22. The Bertz CT molecular complexity index is 532. The van der Waals surface area contributed by atoms with Gasteiger partial charge in [-0.2, -0.15) is 5.26 Å². The van der Waals surface area contributed by atoms with Gasteiger partial charge in [-0.3, -0.25) is 0 Å². The molecule has 0 spiro atoms. The number of hydrogen-bond donors (Lipinski definition) is 1. The number of hydrogen-bond acceptors (Lipinski definition) is 5. The zero-order valence-corrected chi connectivity index (χ0v) is 10.8. The maximum Gasteiger partial charge on any atom is 0.346 e. The van der Waals surface area contributed by atoms with Crippen molar-refractivity contribution in [2.45, 2.75) is 0 Å². The lowest BCUT2D eigenvalue weighted by Crippen LogP contribution is -2.00. The molecule has 1 N–H and O–H groups in total. The number of nitriles is 1. The largest absolute Gasteiger partial charge is 0.496 e. The summed E-state index contributed by atoms with van der Waals surface area (Å²) >= 11 is 0. The minimum atomic E-state index is -1.32. The van der Waals surface area contributed by atoms with Crippen LogP contribution >= 0.6 is 0 Å². The fourth-order valence-corrected chi connectivity index (χ4v) is 1.46. The van der Waals surface area contributed by atoms with Crippen molar-refractivity contribution < 1.29 is 24.1 Å². The van der Waals surface area contributed by atoms with E-state index in [1.165, 1.54) is 27.4 Å². The van der Waals surface area contributed by atoms with Gasteiger partial charge in [-0.15, -0.1) is 0 Å². The Morgan fingerprint density at radius 3 is 2.05 bits per heavy atom. The number of benzene rings is 1. The lowest BCUT2D eigenvalue weighted by Gasteiger charge is -2.12. The highest BCUT2D eigenvalue weighted by Crippen LogP contribution is 2.35. The summed E-state index contributed by atoms with van der Waals surface area (Å²) in [5.74, 6) is -0.113. The minimum absolute atomic E-state index is 0.352. The zero-order chi connectivity index (χ0) is 14.4. The molecule has 0 amide bonds. The van der Waals surface area contributed by atoms with Gasteiger partial charge in [-0.25, -0.2) is 4.79 Å². The molecule has 0 aliphatic carbocycles. The van der Waals surface area contributed by atoms with Gasteiger partial charge in [0.15, 0.2) is 0 Å². The predicted octanol–water partition coefficient (Wildman–Crippen LogP) is 1.70. The van der Waals surface area contributed by atoms with Gasteiger partial charge in [-0.05, 0) is 6.08 Å². The van der Waals surface area contributed by atoms with E-state index in [-0.39, 0.29) is 0 Å². The molecule has 0 fully saturated rings. The fourth-order valence-electron chi connectivity index (χ4n) is 1.46. The molecule has 6 heteroatoms. The van der Waals surface area contributed by atoms with Gasteiger partial charge in [0.1, 0.15) is 28.9 Å². The third-order valence-corrected chi connectivity index (χ3v) is 2.39. The summed E-state index contributed by atoms with van der Waals surface area (Å²) in [7, 11) is 4.35. The highest BCUT2D eigenvalue weighted by molar-refractivity contribution is 5.97. The summed E-state index contributed by atoms with van der Waals surface area (Å²) in [6, 6.07) is 4.75. The van der Waals surface area contributed by atoms with Gasteiger partial charge in [0.05, 0.1) is 26.9 Å². The van der Waals surface area contributed by atoms with E-state index in [1.54, 1.807) is 18.2 Å². The highest BCUT2D eigenvalue weighted by Gasteiger charge is 2.14. The molecule has 1 aromatic rings. The molecule has 0 saturated carbocycles. The lowest BCUT2D eigenvalue weighted by molar-refractivity contribution is -0.132. The van der Waals surface area contributed by atoms with Crippen molar-refractivity contribution in [2.75, 3.05) is 21.3 Å². The number of carboxylic acids is 1. The van der Waals surface area contributed by atoms with Gasteiger partial charge in [0, 0.05) is 12.1 Å². The summed E-state index contributed by atoms with van der Waals surface area (Å²) in [6.45, 7) is 0. The first-order chi connectivity index (χ1) is 9.07. The number of ether oxygens (including phenoxy) is 3. The summed E-state index contributed by atoms with van der Waals surface area (Å²) < 4.78 is 15.4. The smallest absolute Gasteiger partial charge is 0.346 e. The standard InChI is InChI=1S/C13H13NO5/c1-17-9-5-11(18-2)10(12(6-9)19-3)4-8(7-14)13(15)16/h4-6H,1-3H3,(H,15,16)/b8-4+. The Kier molecular flexibility index (Phi) is 4.77. The number of methoxy groups -OCH3 is 3. The van der Waals surface area contributed by atoms with E-state index in [4.69, 9.17) is 24.6 Å². The van der Waals surface area contributed by atoms with Crippen LogP contribution in [0, 0.1) is 11.3 Å². The second-order valence-electron chi connectivity index (χ2n) is 3.42. The Hall–Kier alpha value is -2.68. The first kappa shape index (κ1) is 14.4. The number of aliphatic carboxylic acids is 1. The number of rotatable bonds is 5. The van der Waals surface area contributed by atoms with Crippen LogP contribution in [0.3, 0.4) is 0 Å². The maximum atomic E-state index is 10.9. The van der Waals surface area contributed by atoms with Crippen LogP contribution in [0.4, 0.5) is 0 Å². The third-order valence-electron chi connectivity index (χ3n) is 2.39. The van der Waals surface area contributed by atoms with Crippen LogP contribution in [-0.4, -0.2) is 32.4 Å². The average molecular weight is 263 g/mol. The van der Waals surface area contributed by atoms with Crippen molar-refractivity contribution in [1.29, 1.82) is 5.26 Å². The Morgan fingerprint density at radius 2 is 1.74 bits per heavy atom. The zero-order valence-electron chi connectivity index (χ0n) is 10.8. The maximum absolute atomic E-state index is 10.9. The molecule has 0 heterocycles. The van der Waals surface area contributed by atoms with E-state index < -0.39 is 11.5 Å². The molecule has 100 valence electrons. The number of nitrogens with zero attached hydrogens (tertiary/aromatic N) is 1. The molecule has 0 radical (unpaired) electrons. The van der Waals surface area contributed by atoms with Crippen molar-refractivity contribution in [3.05, 3.63) is 23.3 Å². The normalized spacial score (nSPS) is 10.5. The monoisotopic (exact) mass is 263 g/mol. The van der Waals surface area contributed by atoms with E-state index in [0.29, 0.717) is 22.8 Å². The van der Waals surface area contributed by atoms with E-state index in [9.17, 15) is 4.79 Å². The highest BCUT2D eigenvalue weighted by atomic mass is 16.5. The second kappa shape index (κ2) is 6.31. The molecule has 1 rings (SSSR count). The molecule has 0 aliphatic heterocycles. The molecule has 19 heavy (non-hydrogen) atoms. The molecule has 0 aliphatic rings. The van der Waals surface area contributed by atoms with Crippen LogP contribution in [0.1, 0.15) is 5.56 Å². The van der Waals surface area contributed by atoms with Crippen molar-refractivity contribution in [3.8, 4) is 23.3 Å². The molecular weight excluding hydrogens is 250 g/mol. The topological polar surface area (TPSA) is 88.8 Å². The summed E-state index contributed by atoms with van der Waals surface area (Å²) in [4.78, 5) is 10.9. The Labute approximate surface area is 110 Å². The molecule has 0 aromatic heterocycles. The van der Waals surface area contributed by atoms with Gasteiger partial charge < -0.3 is 19.3 Å². The van der Waals surface area contributed by atoms with Gasteiger partial charge >= 0.3 is 5.97 Å². The summed E-state index contributed by atoms with van der Waals surface area (Å²) in [5.41, 5.74) is -0.0495. The van der Waals surface area contributed by atoms with Crippen molar-refractivity contribution in [1.82, 2.24) is 0 Å². The number of carboxylic acid groups (broad SMARTS) is 1. The van der Waals surface area contributed by atoms with E-state index >= 15 is 0 Å². The van der Waals surface area contributed by atoms with E-state index in [0.717, 1.165) is 0 Å². The number of carbonyl (C=O) groups is 1. The van der Waals surface area contributed by atoms with Gasteiger partial charge in [0.2, 0.25) is 0 Å². The van der Waals surface area contributed by atoms with E-state index in [1.807, 2.05) is 0 Å². The van der Waals surface area contributed by atoms with Crippen LogP contribution in [-0.2, 0) is 4.79 Å². The molecule has 0 unspecified atom stereocenters. The van der Waals surface area contributed by atoms with Crippen LogP contribution < -0.4 is 14.2 Å². The second-order valence-corrected chi connectivity index (χ2v) is 3.42. The summed E-state index contributed by atoms with van der Waals surface area (Å²) in [6.07, 6.45) is 1.19. The molecule has 0 bridgehead atoms. The minimum Gasteiger partial charge on any atom is -0.496 e. The van der Waals surface area contributed by atoms with Crippen LogP contribution in [0.2, 0.25) is 0 Å². The van der Waals surface area contributed by atoms with Crippen molar-refractivity contribution >= 4 is 12.0 Å². The molecule has 0 saturated heterocycles. The summed E-state index contributed by atoms with van der Waals surface area (Å²) in [5, 5.41) is 17.6. The molecular formula is C13H13NO5. The van der Waals surface area contributed by atoms with Crippen LogP contribution in [0.25, 0.3) is 6.08 Å². The quantitative estimate of drug-likeness (QED) is 0.642. The van der Waals surface area contributed by atoms with Gasteiger partial charge in [-0.1, -0.05) is 0 Å². The molecule has 0 atom stereocenters. The SMILES string of the molecule is COc1cc(OC)c(/C=C(\C#N)C(=O)O)c(OC)c1. The van der Waals surface area contributed by atoms with E-state index in [2.05, 4.69) is 0 Å². The van der Waals surface area contributed by atoms with Crippen molar-refractivity contribution in [2.24, 2.45) is 0 Å². The molecule has 1 aromatic carbocycles. The lowest BCUT2D eigenvalue weighted by atomic mass is 10.1. The fraction of sp³-hybridized carbons (Fsp3) is 0.231. The van der Waals surface area contributed by atoms with Crippen molar-refractivity contribution in [3.63, 3.8) is 0 Å². The Morgan fingerprint density at radius 1 is 1.21 bits per heavy atom. The van der Waals surface area contributed by atoms with Gasteiger partial charge in [0.25, 0.3) is 0 Å². The van der Waals surface area contributed by atoms with Crippen LogP contribution in [0.15, 0.2) is 17.7 Å². The third kappa shape index (κ3) is 3.16. The average Bonchev–Trinajstić information content (AvgIpc) is 2.43. The predicted molar refractivity (Wildman–Crippen MR) is 67.3 cm³/mol. The molecule has 6 nitrogen and oxygen atoms in total.